The van der Waals surface area contributed by atoms with Crippen molar-refractivity contribution >= 4 is 17.1 Å². The number of aryl methyl sites for hydroxylation is 1. The molecule has 1 heterocycles. The Morgan fingerprint density at radius 2 is 2.05 bits per heavy atom. The minimum Gasteiger partial charge on any atom is -0.408 e. The minimum atomic E-state index is -0.371. The summed E-state index contributed by atoms with van der Waals surface area (Å²) in [5.74, 6) is -0.371. The molecular formula is C15H21N3O3. The van der Waals surface area contributed by atoms with Gasteiger partial charge in [-0.05, 0) is 44.9 Å². The molecule has 2 rings (SSSR count). The Balaban J connectivity index is 1.95. The molecule has 0 saturated carbocycles. The molecule has 2 N–H and O–H groups in total. The molecule has 0 unspecified atom stereocenters. The van der Waals surface area contributed by atoms with Crippen molar-refractivity contribution in [2.24, 2.45) is 7.05 Å². The fourth-order valence-electron chi connectivity index (χ4n) is 2.04. The summed E-state index contributed by atoms with van der Waals surface area (Å²) >= 11 is 0. The zero-order chi connectivity index (χ0) is 15.6. The summed E-state index contributed by atoms with van der Waals surface area (Å²) in [4.78, 5) is 23.0. The Morgan fingerprint density at radius 1 is 1.33 bits per heavy atom. The lowest BCUT2D eigenvalue weighted by Crippen LogP contribution is -2.46. The number of carbonyl (C=O) groups is 1. The lowest BCUT2D eigenvalue weighted by atomic mass is 10.1. The third-order valence-electron chi connectivity index (χ3n) is 3.04. The predicted octanol–water partition coefficient (Wildman–Crippen LogP) is 1.77. The van der Waals surface area contributed by atoms with Gasteiger partial charge in [0, 0.05) is 19.1 Å². The molecule has 0 radical (unpaired) electrons. The second kappa shape index (κ2) is 5.63. The zero-order valence-corrected chi connectivity index (χ0v) is 12.8. The number of oxazole rings is 1. The Hall–Kier alpha value is -2.24. The van der Waals surface area contributed by atoms with E-state index in [2.05, 4.69) is 10.6 Å². The molecule has 6 nitrogen and oxygen atoms in total. The highest BCUT2D eigenvalue weighted by Gasteiger charge is 2.13. The van der Waals surface area contributed by atoms with Crippen LogP contribution in [0, 0.1) is 0 Å². The molecule has 1 aromatic heterocycles. The standard InChI is InChI=1S/C15H21N3O3/c1-15(2,3)17-13(19)16-8-7-10-5-6-11-12(9-10)21-14(20)18(11)4/h5-6,9H,7-8H2,1-4H3,(H2,16,17,19). The Morgan fingerprint density at radius 3 is 2.71 bits per heavy atom. The van der Waals surface area contributed by atoms with E-state index in [1.807, 2.05) is 39.0 Å². The van der Waals surface area contributed by atoms with Crippen molar-refractivity contribution < 1.29 is 9.21 Å². The van der Waals surface area contributed by atoms with Crippen LogP contribution in [-0.4, -0.2) is 22.7 Å². The second-order valence-corrected chi connectivity index (χ2v) is 6.11. The van der Waals surface area contributed by atoms with E-state index in [1.54, 1.807) is 7.05 Å². The van der Waals surface area contributed by atoms with E-state index < -0.39 is 0 Å². The molecule has 1 aromatic carbocycles. The largest absolute Gasteiger partial charge is 0.419 e. The maximum atomic E-state index is 11.6. The van der Waals surface area contributed by atoms with E-state index in [-0.39, 0.29) is 17.3 Å². The highest BCUT2D eigenvalue weighted by atomic mass is 16.4. The van der Waals surface area contributed by atoms with Crippen LogP contribution in [0.5, 0.6) is 0 Å². The summed E-state index contributed by atoms with van der Waals surface area (Å²) in [6.07, 6.45) is 0.673. The van der Waals surface area contributed by atoms with Crippen LogP contribution in [0.4, 0.5) is 4.79 Å². The first-order valence-corrected chi connectivity index (χ1v) is 6.91. The molecule has 2 aromatic rings. The number of amides is 2. The van der Waals surface area contributed by atoms with Gasteiger partial charge in [0.05, 0.1) is 5.52 Å². The van der Waals surface area contributed by atoms with Gasteiger partial charge in [-0.25, -0.2) is 9.59 Å². The fraction of sp³-hybridized carbons (Fsp3) is 0.467. The average Bonchev–Trinajstić information content (AvgIpc) is 2.62. The van der Waals surface area contributed by atoms with E-state index >= 15 is 0 Å². The number of nitrogens with zero attached hydrogens (tertiary/aromatic N) is 1. The molecule has 0 aliphatic rings. The van der Waals surface area contributed by atoms with Crippen LogP contribution in [0.3, 0.4) is 0 Å². The first kappa shape index (κ1) is 15.2. The van der Waals surface area contributed by atoms with E-state index in [1.165, 1.54) is 4.57 Å². The van der Waals surface area contributed by atoms with Gasteiger partial charge < -0.3 is 15.1 Å². The normalized spacial score (nSPS) is 11.6. The summed E-state index contributed by atoms with van der Waals surface area (Å²) in [7, 11) is 1.67. The number of urea groups is 1. The number of fused-ring (bicyclic) bond motifs is 1. The molecule has 0 fully saturated rings. The van der Waals surface area contributed by atoms with Gasteiger partial charge in [-0.2, -0.15) is 0 Å². The second-order valence-electron chi connectivity index (χ2n) is 6.11. The lowest BCUT2D eigenvalue weighted by Gasteiger charge is -2.20. The van der Waals surface area contributed by atoms with Crippen LogP contribution >= 0.6 is 0 Å². The van der Waals surface area contributed by atoms with Crippen molar-refractivity contribution in [2.45, 2.75) is 32.7 Å². The molecule has 114 valence electrons. The molecule has 0 spiro atoms. The van der Waals surface area contributed by atoms with Crippen molar-refractivity contribution in [3.63, 3.8) is 0 Å². The van der Waals surface area contributed by atoms with E-state index in [4.69, 9.17) is 4.42 Å². The molecule has 0 atom stereocenters. The van der Waals surface area contributed by atoms with Crippen LogP contribution in [-0.2, 0) is 13.5 Å². The van der Waals surface area contributed by atoms with E-state index in [0.29, 0.717) is 18.5 Å². The Kier molecular flexibility index (Phi) is 4.06. The molecule has 2 amide bonds. The minimum absolute atomic E-state index is 0.185. The SMILES string of the molecule is Cn1c(=O)oc2cc(CCNC(=O)NC(C)(C)C)ccc21. The molecule has 6 heteroatoms. The highest BCUT2D eigenvalue weighted by Crippen LogP contribution is 2.14. The van der Waals surface area contributed by atoms with Gasteiger partial charge >= 0.3 is 11.8 Å². The van der Waals surface area contributed by atoms with Crippen molar-refractivity contribution in [1.82, 2.24) is 15.2 Å². The third-order valence-corrected chi connectivity index (χ3v) is 3.04. The number of hydrogen-bond donors (Lipinski definition) is 2. The van der Waals surface area contributed by atoms with Crippen molar-refractivity contribution in [2.75, 3.05) is 6.54 Å². The number of hydrogen-bond acceptors (Lipinski definition) is 3. The Labute approximate surface area is 123 Å². The molecule has 0 aliphatic carbocycles. The monoisotopic (exact) mass is 291 g/mol. The van der Waals surface area contributed by atoms with Crippen LogP contribution in [0.2, 0.25) is 0 Å². The van der Waals surface area contributed by atoms with Crippen LogP contribution in [0.1, 0.15) is 26.3 Å². The lowest BCUT2D eigenvalue weighted by molar-refractivity contribution is 0.232. The van der Waals surface area contributed by atoms with Crippen molar-refractivity contribution in [1.29, 1.82) is 0 Å². The van der Waals surface area contributed by atoms with Gasteiger partial charge in [-0.15, -0.1) is 0 Å². The van der Waals surface area contributed by atoms with E-state index in [9.17, 15) is 9.59 Å². The summed E-state index contributed by atoms with van der Waals surface area (Å²) < 4.78 is 6.61. The summed E-state index contributed by atoms with van der Waals surface area (Å²) in [6, 6.07) is 5.43. The Bertz CT molecular complexity index is 707. The van der Waals surface area contributed by atoms with Gasteiger partial charge in [0.15, 0.2) is 5.58 Å². The molecular weight excluding hydrogens is 270 g/mol. The smallest absolute Gasteiger partial charge is 0.408 e. The summed E-state index contributed by atoms with van der Waals surface area (Å²) in [5.41, 5.74) is 2.09. The number of benzene rings is 1. The van der Waals surface area contributed by atoms with Crippen LogP contribution in [0.25, 0.3) is 11.1 Å². The molecule has 21 heavy (non-hydrogen) atoms. The fourth-order valence-corrected chi connectivity index (χ4v) is 2.04. The van der Waals surface area contributed by atoms with Crippen LogP contribution in [0.15, 0.2) is 27.4 Å². The van der Waals surface area contributed by atoms with Gasteiger partial charge in [-0.3, -0.25) is 4.57 Å². The van der Waals surface area contributed by atoms with Gasteiger partial charge in [-0.1, -0.05) is 6.07 Å². The molecule has 0 saturated heterocycles. The number of rotatable bonds is 3. The van der Waals surface area contributed by atoms with Crippen molar-refractivity contribution in [3.05, 3.63) is 34.3 Å². The molecule has 0 aliphatic heterocycles. The summed E-state index contributed by atoms with van der Waals surface area (Å²) in [6.45, 7) is 6.30. The quantitative estimate of drug-likeness (QED) is 0.905. The maximum Gasteiger partial charge on any atom is 0.419 e. The van der Waals surface area contributed by atoms with Gasteiger partial charge in [0.25, 0.3) is 0 Å². The highest BCUT2D eigenvalue weighted by molar-refractivity contribution is 5.75. The topological polar surface area (TPSA) is 76.3 Å². The zero-order valence-electron chi connectivity index (χ0n) is 12.8. The van der Waals surface area contributed by atoms with E-state index in [0.717, 1.165) is 11.1 Å². The predicted molar refractivity (Wildman–Crippen MR) is 81.4 cm³/mol. The first-order chi connectivity index (χ1) is 9.76. The third kappa shape index (κ3) is 3.87. The molecule has 0 bridgehead atoms. The number of carbonyl (C=O) groups excluding carboxylic acids is 1. The summed E-state index contributed by atoms with van der Waals surface area (Å²) in [5, 5.41) is 5.64. The van der Waals surface area contributed by atoms with Crippen molar-refractivity contribution in [3.8, 4) is 0 Å². The van der Waals surface area contributed by atoms with Gasteiger partial charge in [0.1, 0.15) is 0 Å². The van der Waals surface area contributed by atoms with Crippen LogP contribution < -0.4 is 16.4 Å². The maximum absolute atomic E-state index is 11.6. The number of aromatic nitrogens is 1. The number of nitrogens with one attached hydrogen (secondary N) is 2. The average molecular weight is 291 g/mol. The first-order valence-electron chi connectivity index (χ1n) is 6.91. The van der Waals surface area contributed by atoms with Gasteiger partial charge in [0.2, 0.25) is 0 Å².